The molecule has 2 rings (SSSR count). The predicted molar refractivity (Wildman–Crippen MR) is 46.3 cm³/mol. The van der Waals surface area contributed by atoms with E-state index in [-0.39, 0.29) is 0 Å². The Balaban J connectivity index is 1.96. The van der Waals surface area contributed by atoms with Crippen molar-refractivity contribution >= 4 is 0 Å². The molecule has 3 N–H and O–H groups in total. The van der Waals surface area contributed by atoms with Gasteiger partial charge in [0.05, 0.1) is 0 Å². The van der Waals surface area contributed by atoms with Crippen LogP contribution >= 0.6 is 0 Å². The highest BCUT2D eigenvalue weighted by Crippen LogP contribution is 2.47. The average molecular weight is 154 g/mol. The molecule has 1 unspecified atom stereocenters. The first-order chi connectivity index (χ1) is 5.37. The van der Waals surface area contributed by atoms with Gasteiger partial charge in [-0.25, -0.2) is 0 Å². The largest absolute Gasteiger partial charge is 0.330 e. The molecule has 1 aliphatic heterocycles. The number of rotatable bonds is 2. The highest BCUT2D eigenvalue weighted by Gasteiger charge is 2.46. The fourth-order valence-electron chi connectivity index (χ4n) is 2.77. The predicted octanol–water partition coefficient (Wildman–Crippen LogP) is 0.725. The smallest absolute Gasteiger partial charge is 0.00229 e. The summed E-state index contributed by atoms with van der Waals surface area (Å²) in [7, 11) is 0. The van der Waals surface area contributed by atoms with Crippen molar-refractivity contribution in [3.8, 4) is 0 Å². The molecule has 2 nitrogen and oxygen atoms in total. The van der Waals surface area contributed by atoms with E-state index in [1.165, 1.54) is 38.8 Å². The molecule has 11 heavy (non-hydrogen) atoms. The standard InChI is InChI=1S/C9H18N2/c10-5-3-8-2-1-4-9(8)6-11-7-9/h8,11H,1-7,10H2. The van der Waals surface area contributed by atoms with E-state index < -0.39 is 0 Å². The van der Waals surface area contributed by atoms with Gasteiger partial charge in [-0.2, -0.15) is 0 Å². The molecule has 2 aliphatic rings. The minimum absolute atomic E-state index is 0.694. The Morgan fingerprint density at radius 3 is 2.82 bits per heavy atom. The second-order valence-electron chi connectivity index (χ2n) is 4.13. The van der Waals surface area contributed by atoms with Crippen molar-refractivity contribution in [1.29, 1.82) is 0 Å². The minimum atomic E-state index is 0.694. The van der Waals surface area contributed by atoms with Crippen LogP contribution in [0.25, 0.3) is 0 Å². The van der Waals surface area contributed by atoms with Crippen LogP contribution in [-0.2, 0) is 0 Å². The zero-order valence-corrected chi connectivity index (χ0v) is 7.10. The number of hydrogen-bond donors (Lipinski definition) is 2. The summed E-state index contributed by atoms with van der Waals surface area (Å²) in [6.45, 7) is 3.40. The van der Waals surface area contributed by atoms with E-state index in [4.69, 9.17) is 5.73 Å². The molecule has 2 fully saturated rings. The van der Waals surface area contributed by atoms with Crippen LogP contribution in [0.3, 0.4) is 0 Å². The lowest BCUT2D eigenvalue weighted by Crippen LogP contribution is -2.55. The first-order valence-electron chi connectivity index (χ1n) is 4.78. The summed E-state index contributed by atoms with van der Waals surface area (Å²) >= 11 is 0. The summed E-state index contributed by atoms with van der Waals surface area (Å²) in [5, 5.41) is 3.39. The molecule has 64 valence electrons. The van der Waals surface area contributed by atoms with E-state index in [0.29, 0.717) is 5.41 Å². The van der Waals surface area contributed by atoms with Crippen LogP contribution in [0.5, 0.6) is 0 Å². The van der Waals surface area contributed by atoms with E-state index in [0.717, 1.165) is 12.5 Å². The molecule has 0 bridgehead atoms. The molecule has 1 atom stereocenters. The third-order valence-electron chi connectivity index (χ3n) is 3.56. The maximum Gasteiger partial charge on any atom is 0.00229 e. The molecule has 1 saturated carbocycles. The SMILES string of the molecule is NCCC1CCCC12CNC2. The third kappa shape index (κ3) is 1.09. The van der Waals surface area contributed by atoms with Gasteiger partial charge in [0.1, 0.15) is 0 Å². The first kappa shape index (κ1) is 7.56. The Morgan fingerprint density at radius 2 is 2.27 bits per heavy atom. The molecule has 1 heterocycles. The molecule has 0 aromatic carbocycles. The van der Waals surface area contributed by atoms with Crippen molar-refractivity contribution in [2.24, 2.45) is 17.1 Å². The molecule has 1 saturated heterocycles. The van der Waals surface area contributed by atoms with Gasteiger partial charge in [0, 0.05) is 13.1 Å². The van der Waals surface area contributed by atoms with Crippen molar-refractivity contribution in [3.63, 3.8) is 0 Å². The van der Waals surface area contributed by atoms with Crippen molar-refractivity contribution in [2.75, 3.05) is 19.6 Å². The Bertz CT molecular complexity index is 140. The Kier molecular flexibility index (Phi) is 1.90. The summed E-state index contributed by atoms with van der Waals surface area (Å²) in [4.78, 5) is 0. The van der Waals surface area contributed by atoms with E-state index >= 15 is 0 Å². The van der Waals surface area contributed by atoms with E-state index in [1.807, 2.05) is 0 Å². The summed E-state index contributed by atoms with van der Waals surface area (Å²) < 4.78 is 0. The molecule has 0 aromatic rings. The van der Waals surface area contributed by atoms with Crippen LogP contribution in [0, 0.1) is 11.3 Å². The highest BCUT2D eigenvalue weighted by atomic mass is 15.0. The van der Waals surface area contributed by atoms with Gasteiger partial charge in [-0.3, -0.25) is 0 Å². The van der Waals surface area contributed by atoms with Gasteiger partial charge < -0.3 is 11.1 Å². The summed E-state index contributed by atoms with van der Waals surface area (Å²) in [5.41, 5.74) is 6.28. The van der Waals surface area contributed by atoms with Gasteiger partial charge in [0.15, 0.2) is 0 Å². The minimum Gasteiger partial charge on any atom is -0.330 e. The molecule has 1 spiro atoms. The lowest BCUT2D eigenvalue weighted by atomic mass is 9.71. The van der Waals surface area contributed by atoms with Crippen LogP contribution in [0.2, 0.25) is 0 Å². The number of nitrogens with two attached hydrogens (primary N) is 1. The lowest BCUT2D eigenvalue weighted by Gasteiger charge is -2.44. The van der Waals surface area contributed by atoms with Crippen molar-refractivity contribution in [2.45, 2.75) is 25.7 Å². The Hall–Kier alpha value is -0.0800. The normalized spacial score (nSPS) is 34.1. The van der Waals surface area contributed by atoms with Gasteiger partial charge >= 0.3 is 0 Å². The van der Waals surface area contributed by atoms with Crippen molar-refractivity contribution in [1.82, 2.24) is 5.32 Å². The van der Waals surface area contributed by atoms with Gasteiger partial charge in [0.2, 0.25) is 0 Å². The van der Waals surface area contributed by atoms with Gasteiger partial charge in [-0.05, 0) is 37.1 Å². The second kappa shape index (κ2) is 2.76. The lowest BCUT2D eigenvalue weighted by molar-refractivity contribution is 0.105. The monoisotopic (exact) mass is 154 g/mol. The molecule has 1 aliphatic carbocycles. The fourth-order valence-corrected chi connectivity index (χ4v) is 2.77. The zero-order chi connectivity index (χ0) is 7.73. The van der Waals surface area contributed by atoms with E-state index in [1.54, 1.807) is 0 Å². The van der Waals surface area contributed by atoms with Gasteiger partial charge in [-0.1, -0.05) is 6.42 Å². The second-order valence-corrected chi connectivity index (χ2v) is 4.13. The quantitative estimate of drug-likeness (QED) is 0.615. The van der Waals surface area contributed by atoms with Crippen molar-refractivity contribution < 1.29 is 0 Å². The van der Waals surface area contributed by atoms with Gasteiger partial charge in [-0.15, -0.1) is 0 Å². The Labute approximate surface area is 68.5 Å². The number of hydrogen-bond acceptors (Lipinski definition) is 2. The van der Waals surface area contributed by atoms with Crippen LogP contribution in [0.1, 0.15) is 25.7 Å². The maximum absolute atomic E-state index is 5.59. The van der Waals surface area contributed by atoms with Crippen LogP contribution in [-0.4, -0.2) is 19.6 Å². The zero-order valence-electron chi connectivity index (χ0n) is 7.10. The number of nitrogens with one attached hydrogen (secondary N) is 1. The Morgan fingerprint density at radius 1 is 1.45 bits per heavy atom. The molecular formula is C9H18N2. The summed E-state index contributed by atoms with van der Waals surface area (Å²) in [5.74, 6) is 0.939. The average Bonchev–Trinajstić information content (AvgIpc) is 2.31. The summed E-state index contributed by atoms with van der Waals surface area (Å²) in [6, 6.07) is 0. The fraction of sp³-hybridized carbons (Fsp3) is 1.00. The molecule has 0 amide bonds. The van der Waals surface area contributed by atoms with Crippen LogP contribution < -0.4 is 11.1 Å². The van der Waals surface area contributed by atoms with E-state index in [9.17, 15) is 0 Å². The maximum atomic E-state index is 5.59. The van der Waals surface area contributed by atoms with Crippen molar-refractivity contribution in [3.05, 3.63) is 0 Å². The van der Waals surface area contributed by atoms with Crippen LogP contribution in [0.4, 0.5) is 0 Å². The summed E-state index contributed by atoms with van der Waals surface area (Å²) in [6.07, 6.45) is 5.57. The van der Waals surface area contributed by atoms with E-state index in [2.05, 4.69) is 5.32 Å². The topological polar surface area (TPSA) is 38.0 Å². The third-order valence-corrected chi connectivity index (χ3v) is 3.56. The molecule has 0 aromatic heterocycles. The van der Waals surface area contributed by atoms with Crippen LogP contribution in [0.15, 0.2) is 0 Å². The first-order valence-corrected chi connectivity index (χ1v) is 4.78. The highest BCUT2D eigenvalue weighted by molar-refractivity contribution is 5.00. The van der Waals surface area contributed by atoms with Gasteiger partial charge in [0.25, 0.3) is 0 Å². The molecular weight excluding hydrogens is 136 g/mol. The molecule has 2 heteroatoms. The molecule has 0 radical (unpaired) electrons.